The quantitative estimate of drug-likeness (QED) is 0.476. The SMILES string of the molecule is CC(=O)OC[C@H]1O[C@@H](Oc2ccccc2O)[C@H](OC(C)=O)[C@@H](OC(C)=O)[C@@H]1OC(C)=O. The van der Waals surface area contributed by atoms with Crippen molar-refractivity contribution in [2.45, 2.75) is 58.4 Å². The maximum atomic E-state index is 11.8. The molecular formula is C20H24O11. The van der Waals surface area contributed by atoms with Crippen LogP contribution < -0.4 is 4.74 Å². The van der Waals surface area contributed by atoms with E-state index < -0.39 is 54.6 Å². The standard InChI is InChI=1S/C20H24O11/c1-10(21)26-9-16-17(27-11(2)22)18(28-12(3)23)19(29-13(4)24)20(31-16)30-15-8-6-5-7-14(15)25/h5-8,16-20,25H,9H2,1-4H3/t16-,17-,18+,19-,20-/m1/s1. The summed E-state index contributed by atoms with van der Waals surface area (Å²) >= 11 is 0. The van der Waals surface area contributed by atoms with Crippen molar-refractivity contribution < 1.29 is 52.7 Å². The first-order chi connectivity index (χ1) is 14.6. The highest BCUT2D eigenvalue weighted by Crippen LogP contribution is 2.33. The Morgan fingerprint density at radius 2 is 1.39 bits per heavy atom. The molecule has 1 N–H and O–H groups in total. The molecule has 0 unspecified atom stereocenters. The number of rotatable bonds is 7. The molecule has 0 spiro atoms. The summed E-state index contributed by atoms with van der Waals surface area (Å²) in [6, 6.07) is 5.94. The smallest absolute Gasteiger partial charge is 0.303 e. The van der Waals surface area contributed by atoms with Gasteiger partial charge in [-0.2, -0.15) is 0 Å². The molecule has 1 fully saturated rings. The first-order valence-electron chi connectivity index (χ1n) is 9.33. The van der Waals surface area contributed by atoms with Crippen molar-refractivity contribution in [2.75, 3.05) is 6.61 Å². The van der Waals surface area contributed by atoms with Crippen molar-refractivity contribution in [1.82, 2.24) is 0 Å². The van der Waals surface area contributed by atoms with E-state index in [0.717, 1.165) is 20.8 Å². The fourth-order valence-electron chi connectivity index (χ4n) is 2.97. The zero-order valence-electron chi connectivity index (χ0n) is 17.4. The Morgan fingerprint density at radius 3 is 1.94 bits per heavy atom. The average Bonchev–Trinajstić information content (AvgIpc) is 2.65. The van der Waals surface area contributed by atoms with Gasteiger partial charge in [0.2, 0.25) is 12.4 Å². The maximum Gasteiger partial charge on any atom is 0.303 e. The average molecular weight is 440 g/mol. The number of aromatic hydroxyl groups is 1. The van der Waals surface area contributed by atoms with E-state index in [0.29, 0.717) is 0 Å². The Labute approximate surface area is 178 Å². The monoisotopic (exact) mass is 440 g/mol. The third-order valence-electron chi connectivity index (χ3n) is 4.06. The fourth-order valence-corrected chi connectivity index (χ4v) is 2.97. The Kier molecular flexibility index (Phi) is 8.20. The molecule has 1 saturated heterocycles. The molecule has 0 aliphatic carbocycles. The summed E-state index contributed by atoms with van der Waals surface area (Å²) in [6.07, 6.45) is -6.56. The fraction of sp³-hybridized carbons (Fsp3) is 0.500. The van der Waals surface area contributed by atoms with Gasteiger partial charge in [-0.1, -0.05) is 12.1 Å². The summed E-state index contributed by atoms with van der Waals surface area (Å²) < 4.78 is 32.3. The van der Waals surface area contributed by atoms with Crippen LogP contribution in [-0.2, 0) is 42.9 Å². The minimum Gasteiger partial charge on any atom is -0.504 e. The molecule has 1 aliphatic rings. The molecule has 2 rings (SSSR count). The Balaban J connectivity index is 2.46. The molecule has 0 amide bonds. The molecule has 0 aromatic heterocycles. The van der Waals surface area contributed by atoms with Crippen molar-refractivity contribution in [3.63, 3.8) is 0 Å². The van der Waals surface area contributed by atoms with E-state index in [-0.39, 0.29) is 18.1 Å². The number of ether oxygens (including phenoxy) is 6. The second-order valence-corrected chi connectivity index (χ2v) is 6.65. The van der Waals surface area contributed by atoms with E-state index in [1.54, 1.807) is 12.1 Å². The van der Waals surface area contributed by atoms with Gasteiger partial charge in [-0.05, 0) is 12.1 Å². The first-order valence-corrected chi connectivity index (χ1v) is 9.33. The van der Waals surface area contributed by atoms with Crippen molar-refractivity contribution in [2.24, 2.45) is 0 Å². The van der Waals surface area contributed by atoms with Crippen LogP contribution in [0.1, 0.15) is 27.7 Å². The van der Waals surface area contributed by atoms with Crippen LogP contribution in [0.5, 0.6) is 11.5 Å². The topological polar surface area (TPSA) is 144 Å². The van der Waals surface area contributed by atoms with Crippen LogP contribution >= 0.6 is 0 Å². The predicted molar refractivity (Wildman–Crippen MR) is 101 cm³/mol. The largest absolute Gasteiger partial charge is 0.504 e. The van der Waals surface area contributed by atoms with Crippen molar-refractivity contribution in [3.05, 3.63) is 24.3 Å². The van der Waals surface area contributed by atoms with Crippen LogP contribution in [0.15, 0.2) is 24.3 Å². The second-order valence-electron chi connectivity index (χ2n) is 6.65. The Hall–Kier alpha value is -3.34. The van der Waals surface area contributed by atoms with Gasteiger partial charge in [0.15, 0.2) is 23.7 Å². The summed E-state index contributed by atoms with van der Waals surface area (Å²) in [5.74, 6) is -3.11. The van der Waals surface area contributed by atoms with Gasteiger partial charge in [-0.25, -0.2) is 0 Å². The Bertz CT molecular complexity index is 821. The van der Waals surface area contributed by atoms with Crippen LogP contribution in [0.4, 0.5) is 0 Å². The van der Waals surface area contributed by atoms with E-state index in [1.807, 2.05) is 0 Å². The number of phenolic OH excluding ortho intramolecular Hbond substituents is 1. The van der Waals surface area contributed by atoms with Crippen LogP contribution in [-0.4, -0.2) is 66.3 Å². The lowest BCUT2D eigenvalue weighted by molar-refractivity contribution is -0.288. The minimum absolute atomic E-state index is 0.0107. The second kappa shape index (κ2) is 10.6. The third kappa shape index (κ3) is 6.85. The van der Waals surface area contributed by atoms with Gasteiger partial charge in [0.1, 0.15) is 12.7 Å². The van der Waals surface area contributed by atoms with E-state index in [4.69, 9.17) is 28.4 Å². The lowest BCUT2D eigenvalue weighted by Gasteiger charge is -2.43. The zero-order valence-corrected chi connectivity index (χ0v) is 17.4. The highest BCUT2D eigenvalue weighted by atomic mass is 16.7. The summed E-state index contributed by atoms with van der Waals surface area (Å²) in [7, 11) is 0. The molecule has 11 nitrogen and oxygen atoms in total. The van der Waals surface area contributed by atoms with Crippen molar-refractivity contribution >= 4 is 23.9 Å². The zero-order chi connectivity index (χ0) is 23.1. The van der Waals surface area contributed by atoms with Gasteiger partial charge in [0, 0.05) is 27.7 Å². The van der Waals surface area contributed by atoms with Gasteiger partial charge in [0.05, 0.1) is 0 Å². The molecule has 0 radical (unpaired) electrons. The molecule has 31 heavy (non-hydrogen) atoms. The predicted octanol–water partition coefficient (Wildman–Crippen LogP) is 0.854. The number of carbonyl (C=O) groups is 4. The van der Waals surface area contributed by atoms with Gasteiger partial charge >= 0.3 is 23.9 Å². The molecule has 11 heteroatoms. The molecular weight excluding hydrogens is 416 g/mol. The molecule has 1 aromatic rings. The van der Waals surface area contributed by atoms with E-state index >= 15 is 0 Å². The molecule has 5 atom stereocenters. The van der Waals surface area contributed by atoms with Crippen LogP contribution in [0.2, 0.25) is 0 Å². The van der Waals surface area contributed by atoms with Crippen molar-refractivity contribution in [3.8, 4) is 11.5 Å². The van der Waals surface area contributed by atoms with Crippen molar-refractivity contribution in [1.29, 1.82) is 0 Å². The summed E-state index contributed by atoms with van der Waals surface area (Å²) in [5, 5.41) is 10.0. The van der Waals surface area contributed by atoms with Gasteiger partial charge < -0.3 is 33.5 Å². The lowest BCUT2D eigenvalue weighted by Crippen LogP contribution is -2.63. The molecule has 170 valence electrons. The third-order valence-corrected chi connectivity index (χ3v) is 4.06. The molecule has 1 aromatic carbocycles. The molecule has 0 saturated carbocycles. The number of carbonyl (C=O) groups excluding carboxylic acids is 4. The highest BCUT2D eigenvalue weighted by Gasteiger charge is 2.53. The maximum absolute atomic E-state index is 11.8. The normalized spacial score (nSPS) is 25.1. The van der Waals surface area contributed by atoms with E-state index in [1.165, 1.54) is 19.1 Å². The van der Waals surface area contributed by atoms with Gasteiger partial charge in [-0.3, -0.25) is 19.2 Å². The first kappa shape index (κ1) is 23.9. The van der Waals surface area contributed by atoms with Crippen LogP contribution in [0.25, 0.3) is 0 Å². The molecule has 0 bridgehead atoms. The number of para-hydroxylation sites is 2. The van der Waals surface area contributed by atoms with Gasteiger partial charge in [-0.15, -0.1) is 0 Å². The van der Waals surface area contributed by atoms with Crippen LogP contribution in [0.3, 0.4) is 0 Å². The number of benzene rings is 1. The molecule has 1 aliphatic heterocycles. The number of phenols is 1. The Morgan fingerprint density at radius 1 is 0.839 bits per heavy atom. The molecule has 1 heterocycles. The lowest BCUT2D eigenvalue weighted by atomic mass is 9.98. The number of hydrogen-bond donors (Lipinski definition) is 1. The summed E-state index contributed by atoms with van der Waals surface area (Å²) in [4.78, 5) is 46.5. The number of esters is 4. The van der Waals surface area contributed by atoms with Crippen LogP contribution in [0, 0.1) is 0 Å². The highest BCUT2D eigenvalue weighted by molar-refractivity contribution is 5.68. The van der Waals surface area contributed by atoms with Gasteiger partial charge in [0.25, 0.3) is 0 Å². The van der Waals surface area contributed by atoms with E-state index in [2.05, 4.69) is 0 Å². The summed E-state index contributed by atoms with van der Waals surface area (Å²) in [5.41, 5.74) is 0. The van der Waals surface area contributed by atoms with E-state index in [9.17, 15) is 24.3 Å². The number of hydrogen-bond acceptors (Lipinski definition) is 11. The minimum atomic E-state index is -1.41. The summed E-state index contributed by atoms with van der Waals surface area (Å²) in [6.45, 7) is 4.15.